The van der Waals surface area contributed by atoms with Crippen LogP contribution in [0.15, 0.2) is 24.5 Å². The first-order chi connectivity index (χ1) is 7.70. The second kappa shape index (κ2) is 4.99. The van der Waals surface area contributed by atoms with E-state index in [0.29, 0.717) is 0 Å². The highest BCUT2D eigenvalue weighted by molar-refractivity contribution is 7.16. The third-order valence-corrected chi connectivity index (χ3v) is 3.94. The molecule has 0 amide bonds. The fourth-order valence-electron chi connectivity index (χ4n) is 1.64. The number of imidazole rings is 1. The summed E-state index contributed by atoms with van der Waals surface area (Å²) in [5.74, 6) is 1.07. The summed E-state index contributed by atoms with van der Waals surface area (Å²) >= 11 is 7.56. The second-order valence-corrected chi connectivity index (χ2v) is 5.39. The van der Waals surface area contributed by atoms with Crippen LogP contribution in [0.25, 0.3) is 0 Å². The molecule has 0 bridgehead atoms. The smallest absolute Gasteiger partial charge is 0.110 e. The highest BCUT2D eigenvalue weighted by Gasteiger charge is 2.14. The molecule has 5 heteroatoms. The molecule has 0 aliphatic heterocycles. The lowest BCUT2D eigenvalue weighted by atomic mass is 10.1. The molecule has 0 aromatic carbocycles. The number of halogens is 1. The van der Waals surface area contributed by atoms with Crippen LogP contribution in [0.3, 0.4) is 0 Å². The summed E-state index contributed by atoms with van der Waals surface area (Å²) in [5, 5.41) is 3.30. The van der Waals surface area contributed by atoms with Gasteiger partial charge in [-0.3, -0.25) is 0 Å². The molecule has 0 spiro atoms. The van der Waals surface area contributed by atoms with E-state index in [1.807, 2.05) is 37.1 Å². The molecule has 1 unspecified atom stereocenters. The lowest BCUT2D eigenvalue weighted by Crippen LogP contribution is -2.19. The first-order valence-electron chi connectivity index (χ1n) is 5.09. The standard InChI is InChI=1S/C11H14ClN3S/c1-13-8(9-3-4-10(12)16-9)7-11-14-5-6-15(11)2/h3-6,8,13H,7H2,1-2H3. The number of nitrogens with zero attached hydrogens (tertiary/aromatic N) is 2. The van der Waals surface area contributed by atoms with Crippen LogP contribution in [0.4, 0.5) is 0 Å². The summed E-state index contributed by atoms with van der Waals surface area (Å²) < 4.78 is 2.87. The van der Waals surface area contributed by atoms with E-state index in [0.717, 1.165) is 16.6 Å². The second-order valence-electron chi connectivity index (χ2n) is 3.64. The number of thiophene rings is 1. The van der Waals surface area contributed by atoms with Crippen molar-refractivity contribution in [2.75, 3.05) is 7.05 Å². The monoisotopic (exact) mass is 255 g/mol. The molecule has 2 aromatic heterocycles. The Morgan fingerprint density at radius 2 is 2.38 bits per heavy atom. The Kier molecular flexibility index (Phi) is 3.63. The summed E-state index contributed by atoms with van der Waals surface area (Å²) in [6.45, 7) is 0. The number of hydrogen-bond acceptors (Lipinski definition) is 3. The van der Waals surface area contributed by atoms with E-state index in [1.165, 1.54) is 4.88 Å². The van der Waals surface area contributed by atoms with Gasteiger partial charge in [0.25, 0.3) is 0 Å². The largest absolute Gasteiger partial charge is 0.338 e. The molecule has 2 aromatic rings. The van der Waals surface area contributed by atoms with E-state index in [4.69, 9.17) is 11.6 Å². The molecule has 0 saturated carbocycles. The first-order valence-corrected chi connectivity index (χ1v) is 6.29. The zero-order chi connectivity index (χ0) is 11.5. The SMILES string of the molecule is CNC(Cc1nccn1C)c1ccc(Cl)s1. The summed E-state index contributed by atoms with van der Waals surface area (Å²) in [7, 11) is 3.97. The van der Waals surface area contributed by atoms with Gasteiger partial charge >= 0.3 is 0 Å². The molecule has 1 atom stereocenters. The van der Waals surface area contributed by atoms with Gasteiger partial charge < -0.3 is 9.88 Å². The highest BCUT2D eigenvalue weighted by Crippen LogP contribution is 2.28. The Hall–Kier alpha value is -0.840. The van der Waals surface area contributed by atoms with Crippen LogP contribution in [0.2, 0.25) is 4.34 Å². The number of hydrogen-bond donors (Lipinski definition) is 1. The third-order valence-electron chi connectivity index (χ3n) is 2.59. The Labute approximate surface area is 104 Å². The molecular weight excluding hydrogens is 242 g/mol. The maximum Gasteiger partial charge on any atom is 0.110 e. The minimum atomic E-state index is 0.276. The number of aryl methyl sites for hydroxylation is 1. The maximum atomic E-state index is 5.94. The molecule has 0 radical (unpaired) electrons. The molecule has 16 heavy (non-hydrogen) atoms. The minimum absolute atomic E-state index is 0.276. The normalized spacial score (nSPS) is 12.9. The maximum absolute atomic E-state index is 5.94. The van der Waals surface area contributed by atoms with Crippen LogP contribution < -0.4 is 5.32 Å². The quantitative estimate of drug-likeness (QED) is 0.910. The van der Waals surface area contributed by atoms with Crippen molar-refractivity contribution in [1.29, 1.82) is 0 Å². The topological polar surface area (TPSA) is 29.9 Å². The van der Waals surface area contributed by atoms with Crippen LogP contribution in [0, 0.1) is 0 Å². The van der Waals surface area contributed by atoms with Crippen LogP contribution in [0.1, 0.15) is 16.7 Å². The minimum Gasteiger partial charge on any atom is -0.338 e. The van der Waals surface area contributed by atoms with Crippen molar-refractivity contribution < 1.29 is 0 Å². The van der Waals surface area contributed by atoms with Gasteiger partial charge in [-0.05, 0) is 19.2 Å². The molecular formula is C11H14ClN3S. The number of nitrogens with one attached hydrogen (secondary N) is 1. The van der Waals surface area contributed by atoms with E-state index in [1.54, 1.807) is 11.3 Å². The zero-order valence-electron chi connectivity index (χ0n) is 9.27. The van der Waals surface area contributed by atoms with Gasteiger partial charge in [0.05, 0.1) is 4.34 Å². The predicted octanol–water partition coefficient (Wildman–Crippen LogP) is 2.64. The summed E-state index contributed by atoms with van der Waals surface area (Å²) in [6, 6.07) is 4.28. The van der Waals surface area contributed by atoms with Gasteiger partial charge in [0.2, 0.25) is 0 Å². The van der Waals surface area contributed by atoms with E-state index in [2.05, 4.69) is 16.4 Å². The van der Waals surface area contributed by atoms with E-state index in [9.17, 15) is 0 Å². The number of rotatable bonds is 4. The summed E-state index contributed by atoms with van der Waals surface area (Å²) in [6.07, 6.45) is 4.66. The molecule has 2 heterocycles. The fourth-order valence-corrected chi connectivity index (χ4v) is 2.81. The van der Waals surface area contributed by atoms with Gasteiger partial charge in [-0.2, -0.15) is 0 Å². The van der Waals surface area contributed by atoms with Crippen molar-refractivity contribution in [3.63, 3.8) is 0 Å². The molecule has 3 nitrogen and oxygen atoms in total. The molecule has 0 saturated heterocycles. The zero-order valence-corrected chi connectivity index (χ0v) is 10.8. The molecule has 1 N–H and O–H groups in total. The predicted molar refractivity (Wildman–Crippen MR) is 68.0 cm³/mol. The molecule has 2 rings (SSSR count). The lowest BCUT2D eigenvalue weighted by Gasteiger charge is -2.13. The fraction of sp³-hybridized carbons (Fsp3) is 0.364. The van der Waals surface area contributed by atoms with Crippen molar-refractivity contribution in [2.24, 2.45) is 7.05 Å². The third kappa shape index (κ3) is 2.45. The van der Waals surface area contributed by atoms with Crippen LogP contribution in [-0.4, -0.2) is 16.6 Å². The Morgan fingerprint density at radius 3 is 2.88 bits per heavy atom. The average molecular weight is 256 g/mol. The molecule has 0 aliphatic rings. The first kappa shape index (κ1) is 11.6. The van der Waals surface area contributed by atoms with E-state index >= 15 is 0 Å². The number of aromatic nitrogens is 2. The van der Waals surface area contributed by atoms with Gasteiger partial charge in [0.1, 0.15) is 5.82 Å². The summed E-state index contributed by atoms with van der Waals surface area (Å²) in [5.41, 5.74) is 0. The van der Waals surface area contributed by atoms with Gasteiger partial charge in [0.15, 0.2) is 0 Å². The average Bonchev–Trinajstić information content (AvgIpc) is 2.85. The van der Waals surface area contributed by atoms with Crippen molar-refractivity contribution in [1.82, 2.24) is 14.9 Å². The van der Waals surface area contributed by atoms with Crippen LogP contribution in [-0.2, 0) is 13.5 Å². The van der Waals surface area contributed by atoms with Crippen molar-refractivity contribution in [3.8, 4) is 0 Å². The van der Waals surface area contributed by atoms with Crippen molar-refractivity contribution in [3.05, 3.63) is 39.6 Å². The van der Waals surface area contributed by atoms with E-state index < -0.39 is 0 Å². The summed E-state index contributed by atoms with van der Waals surface area (Å²) in [4.78, 5) is 5.58. The van der Waals surface area contributed by atoms with Crippen LogP contribution >= 0.6 is 22.9 Å². The lowest BCUT2D eigenvalue weighted by molar-refractivity contribution is 0.572. The highest BCUT2D eigenvalue weighted by atomic mass is 35.5. The van der Waals surface area contributed by atoms with Crippen molar-refractivity contribution >= 4 is 22.9 Å². The molecule has 0 aliphatic carbocycles. The molecule has 86 valence electrons. The van der Waals surface area contributed by atoms with Crippen molar-refractivity contribution in [2.45, 2.75) is 12.5 Å². The number of likely N-dealkylation sites (N-methyl/N-ethyl adjacent to an activating group) is 1. The van der Waals surface area contributed by atoms with Gasteiger partial charge in [-0.15, -0.1) is 11.3 Å². The van der Waals surface area contributed by atoms with Gasteiger partial charge in [-0.25, -0.2) is 4.98 Å². The van der Waals surface area contributed by atoms with Gasteiger partial charge in [0, 0.05) is 36.8 Å². The van der Waals surface area contributed by atoms with Gasteiger partial charge in [-0.1, -0.05) is 11.6 Å². The Balaban J connectivity index is 2.15. The van der Waals surface area contributed by atoms with E-state index in [-0.39, 0.29) is 6.04 Å². The molecule has 0 fully saturated rings. The van der Waals surface area contributed by atoms with Crippen LogP contribution in [0.5, 0.6) is 0 Å². The Morgan fingerprint density at radius 1 is 1.56 bits per heavy atom. The Bertz CT molecular complexity index is 463.